The fraction of sp³-hybridized carbons (Fsp3) is 0.133. The number of hydrogen-bond acceptors (Lipinski definition) is 4. The topological polar surface area (TPSA) is 77.8 Å². The van der Waals surface area contributed by atoms with Gasteiger partial charge in [-0.05, 0) is 25.1 Å². The molecule has 0 aliphatic carbocycles. The highest BCUT2D eigenvalue weighted by Crippen LogP contribution is 2.21. The van der Waals surface area contributed by atoms with Crippen molar-refractivity contribution in [3.8, 4) is 6.07 Å². The van der Waals surface area contributed by atoms with Crippen LogP contribution < -0.4 is 10.6 Å². The fourth-order valence-electron chi connectivity index (χ4n) is 1.77. The summed E-state index contributed by atoms with van der Waals surface area (Å²) >= 11 is 6.02. The number of carbonyl (C=O) groups is 1. The number of pyridine rings is 1. The highest BCUT2D eigenvalue weighted by Gasteiger charge is 2.13. The van der Waals surface area contributed by atoms with Crippen LogP contribution in [-0.4, -0.2) is 17.4 Å². The second-order valence-electron chi connectivity index (χ2n) is 4.19. The van der Waals surface area contributed by atoms with Crippen LogP contribution in [0, 0.1) is 11.3 Å². The summed E-state index contributed by atoms with van der Waals surface area (Å²) in [4.78, 5) is 16.4. The molecule has 5 nitrogen and oxygen atoms in total. The average Bonchev–Trinajstić information content (AvgIpc) is 2.50. The minimum absolute atomic E-state index is 0.253. The average molecular weight is 301 g/mol. The largest absolute Gasteiger partial charge is 0.370 e. The van der Waals surface area contributed by atoms with Gasteiger partial charge in [-0.3, -0.25) is 4.79 Å². The van der Waals surface area contributed by atoms with Crippen molar-refractivity contribution in [2.45, 2.75) is 6.92 Å². The van der Waals surface area contributed by atoms with Gasteiger partial charge in [-0.25, -0.2) is 4.98 Å². The van der Waals surface area contributed by atoms with Crippen LogP contribution in [0.15, 0.2) is 36.5 Å². The summed E-state index contributed by atoms with van der Waals surface area (Å²) in [6, 6.07) is 10.4. The van der Waals surface area contributed by atoms with Crippen LogP contribution in [0.25, 0.3) is 0 Å². The molecule has 106 valence electrons. The lowest BCUT2D eigenvalue weighted by molar-refractivity contribution is 0.102. The van der Waals surface area contributed by atoms with E-state index < -0.39 is 0 Å². The van der Waals surface area contributed by atoms with Crippen LogP contribution in [0.3, 0.4) is 0 Å². The predicted octanol–water partition coefficient (Wildman–Crippen LogP) is 3.29. The molecule has 0 aliphatic heterocycles. The van der Waals surface area contributed by atoms with Gasteiger partial charge in [0.25, 0.3) is 5.91 Å². The van der Waals surface area contributed by atoms with Crippen molar-refractivity contribution < 1.29 is 4.79 Å². The fourth-order valence-corrected chi connectivity index (χ4v) is 1.96. The first-order valence-corrected chi connectivity index (χ1v) is 6.73. The number of halogens is 1. The SMILES string of the molecule is CCNc1cc(C(=O)Nc2ccccc2C#N)c(Cl)cn1. The van der Waals surface area contributed by atoms with E-state index in [0.717, 1.165) is 0 Å². The Bertz CT molecular complexity index is 709. The highest BCUT2D eigenvalue weighted by molar-refractivity contribution is 6.34. The first kappa shape index (κ1) is 14.8. The third-order valence-electron chi connectivity index (χ3n) is 2.75. The Hall–Kier alpha value is -2.58. The van der Waals surface area contributed by atoms with Crippen LogP contribution in [0.2, 0.25) is 5.02 Å². The van der Waals surface area contributed by atoms with Crippen molar-refractivity contribution in [1.29, 1.82) is 5.26 Å². The molecule has 0 saturated heterocycles. The van der Waals surface area contributed by atoms with E-state index in [0.29, 0.717) is 29.2 Å². The number of nitriles is 1. The smallest absolute Gasteiger partial charge is 0.257 e. The van der Waals surface area contributed by atoms with Crippen molar-refractivity contribution in [3.05, 3.63) is 52.7 Å². The van der Waals surface area contributed by atoms with Gasteiger partial charge in [-0.1, -0.05) is 23.7 Å². The minimum Gasteiger partial charge on any atom is -0.370 e. The zero-order valence-corrected chi connectivity index (χ0v) is 12.1. The summed E-state index contributed by atoms with van der Waals surface area (Å²) in [5.74, 6) is 0.185. The standard InChI is InChI=1S/C15H13ClN4O/c1-2-18-14-7-11(12(16)9-19-14)15(21)20-13-6-4-3-5-10(13)8-17/h3-7,9H,2H2,1H3,(H,18,19)(H,20,21). The Morgan fingerprint density at radius 2 is 2.19 bits per heavy atom. The van der Waals surface area contributed by atoms with Gasteiger partial charge in [0.1, 0.15) is 11.9 Å². The predicted molar refractivity (Wildman–Crippen MR) is 82.5 cm³/mol. The number of aromatic nitrogens is 1. The third-order valence-corrected chi connectivity index (χ3v) is 3.05. The maximum atomic E-state index is 12.3. The Morgan fingerprint density at radius 3 is 2.90 bits per heavy atom. The Morgan fingerprint density at radius 1 is 1.43 bits per heavy atom. The van der Waals surface area contributed by atoms with Crippen LogP contribution >= 0.6 is 11.6 Å². The van der Waals surface area contributed by atoms with E-state index in [2.05, 4.69) is 15.6 Å². The molecule has 0 atom stereocenters. The maximum absolute atomic E-state index is 12.3. The molecule has 0 bridgehead atoms. The number of rotatable bonds is 4. The summed E-state index contributed by atoms with van der Waals surface area (Å²) in [5.41, 5.74) is 1.14. The molecule has 1 amide bonds. The highest BCUT2D eigenvalue weighted by atomic mass is 35.5. The lowest BCUT2D eigenvalue weighted by Gasteiger charge is -2.09. The number of nitrogens with one attached hydrogen (secondary N) is 2. The van der Waals surface area contributed by atoms with E-state index in [1.165, 1.54) is 6.20 Å². The molecule has 0 spiro atoms. The summed E-state index contributed by atoms with van der Waals surface area (Å²) < 4.78 is 0. The van der Waals surface area contributed by atoms with Crippen molar-refractivity contribution in [2.75, 3.05) is 17.2 Å². The Labute approximate surface area is 127 Å². The molecule has 21 heavy (non-hydrogen) atoms. The molecule has 0 fully saturated rings. The number of amides is 1. The molecule has 1 aromatic carbocycles. The van der Waals surface area contributed by atoms with Crippen molar-refractivity contribution >= 4 is 29.0 Å². The van der Waals surface area contributed by atoms with Crippen molar-refractivity contribution in [3.63, 3.8) is 0 Å². The summed E-state index contributed by atoms with van der Waals surface area (Å²) in [6.45, 7) is 2.62. The molecule has 0 radical (unpaired) electrons. The van der Waals surface area contributed by atoms with Gasteiger partial charge in [0.2, 0.25) is 0 Å². The van der Waals surface area contributed by atoms with Gasteiger partial charge in [0.15, 0.2) is 0 Å². The van der Waals surface area contributed by atoms with Crippen molar-refractivity contribution in [2.24, 2.45) is 0 Å². The summed E-state index contributed by atoms with van der Waals surface area (Å²) in [5, 5.41) is 15.0. The molecule has 0 unspecified atom stereocenters. The first-order chi connectivity index (χ1) is 10.2. The van der Waals surface area contributed by atoms with Gasteiger partial charge in [-0.15, -0.1) is 0 Å². The molecule has 0 saturated carbocycles. The second kappa shape index (κ2) is 6.73. The molecule has 6 heteroatoms. The maximum Gasteiger partial charge on any atom is 0.257 e. The summed E-state index contributed by atoms with van der Waals surface area (Å²) in [7, 11) is 0. The number of anilines is 2. The molecular formula is C15H13ClN4O. The number of nitrogens with zero attached hydrogens (tertiary/aromatic N) is 2. The molecule has 2 rings (SSSR count). The van der Waals surface area contributed by atoms with E-state index in [1.54, 1.807) is 30.3 Å². The third kappa shape index (κ3) is 3.50. The van der Waals surface area contributed by atoms with E-state index in [1.807, 2.05) is 13.0 Å². The van der Waals surface area contributed by atoms with Crippen LogP contribution in [0.5, 0.6) is 0 Å². The lowest BCUT2D eigenvalue weighted by atomic mass is 10.1. The first-order valence-electron chi connectivity index (χ1n) is 6.35. The van der Waals surface area contributed by atoms with Gasteiger partial charge in [0, 0.05) is 12.7 Å². The zero-order chi connectivity index (χ0) is 15.2. The normalized spacial score (nSPS) is 9.76. The second-order valence-corrected chi connectivity index (χ2v) is 4.60. The van der Waals surface area contributed by atoms with Gasteiger partial charge in [-0.2, -0.15) is 5.26 Å². The molecule has 0 aliphatic rings. The molecule has 1 heterocycles. The van der Waals surface area contributed by atoms with E-state index in [4.69, 9.17) is 16.9 Å². The van der Waals surface area contributed by atoms with Crippen molar-refractivity contribution in [1.82, 2.24) is 4.98 Å². The van der Waals surface area contributed by atoms with E-state index >= 15 is 0 Å². The van der Waals surface area contributed by atoms with Gasteiger partial charge < -0.3 is 10.6 Å². The van der Waals surface area contributed by atoms with Crippen LogP contribution in [0.1, 0.15) is 22.8 Å². The van der Waals surface area contributed by atoms with E-state index in [9.17, 15) is 4.79 Å². The summed E-state index contributed by atoms with van der Waals surface area (Å²) in [6.07, 6.45) is 1.42. The lowest BCUT2D eigenvalue weighted by Crippen LogP contribution is -2.14. The Balaban J connectivity index is 2.28. The molecular weight excluding hydrogens is 288 g/mol. The number of para-hydroxylation sites is 1. The molecule has 2 aromatic rings. The quantitative estimate of drug-likeness (QED) is 0.908. The van der Waals surface area contributed by atoms with Crippen LogP contribution in [-0.2, 0) is 0 Å². The van der Waals surface area contributed by atoms with Gasteiger partial charge >= 0.3 is 0 Å². The Kier molecular flexibility index (Phi) is 4.75. The zero-order valence-electron chi connectivity index (χ0n) is 11.4. The number of carbonyl (C=O) groups excluding carboxylic acids is 1. The van der Waals surface area contributed by atoms with E-state index in [-0.39, 0.29) is 10.9 Å². The van der Waals surface area contributed by atoms with Gasteiger partial charge in [0.05, 0.1) is 21.8 Å². The monoisotopic (exact) mass is 300 g/mol. The molecule has 1 aromatic heterocycles. The number of benzene rings is 1. The molecule has 2 N–H and O–H groups in total. The minimum atomic E-state index is -0.385. The number of hydrogen-bond donors (Lipinski definition) is 2. The van der Waals surface area contributed by atoms with Crippen LogP contribution in [0.4, 0.5) is 11.5 Å².